The van der Waals surface area contributed by atoms with Crippen molar-refractivity contribution in [3.05, 3.63) is 28.2 Å². The van der Waals surface area contributed by atoms with E-state index in [0.717, 1.165) is 28.6 Å². The van der Waals surface area contributed by atoms with Gasteiger partial charge in [-0.15, -0.1) is 0 Å². The topological polar surface area (TPSA) is 52.6 Å². The van der Waals surface area contributed by atoms with Crippen molar-refractivity contribution in [1.29, 1.82) is 0 Å². The molecule has 0 saturated heterocycles. The number of halogens is 1. The van der Waals surface area contributed by atoms with Crippen LogP contribution in [0.1, 0.15) is 18.4 Å². The van der Waals surface area contributed by atoms with E-state index in [4.69, 9.17) is 0 Å². The largest absolute Gasteiger partial charge is 0.391 e. The molecule has 1 atom stereocenters. The van der Waals surface area contributed by atoms with Crippen LogP contribution >= 0.6 is 15.9 Å². The molecule has 0 heterocycles. The summed E-state index contributed by atoms with van der Waals surface area (Å²) in [6, 6.07) is 5.52. The lowest BCUT2D eigenvalue weighted by atomic mass is 10.2. The number of carbonyl (C=O) groups excluding carboxylic acids is 1. The van der Waals surface area contributed by atoms with Gasteiger partial charge in [0.25, 0.3) is 0 Å². The Morgan fingerprint density at radius 1 is 1.58 bits per heavy atom. The molecule has 0 bridgehead atoms. The number of nitrogens with one attached hydrogen (secondary N) is 1. The number of hydrogen-bond acceptors (Lipinski definition) is 2. The van der Waals surface area contributed by atoms with E-state index in [1.807, 2.05) is 25.1 Å². The number of rotatable bonds is 4. The summed E-state index contributed by atoms with van der Waals surface area (Å²) in [5.41, 5.74) is 1.79. The summed E-state index contributed by atoms with van der Waals surface area (Å²) in [7, 11) is 1.70. The zero-order valence-electron chi connectivity index (χ0n) is 11.2. The first-order valence-corrected chi connectivity index (χ1v) is 7.23. The molecule has 1 aromatic carbocycles. The number of aliphatic hydroxyl groups is 1. The second-order valence-corrected chi connectivity index (χ2v) is 6.09. The third-order valence-corrected chi connectivity index (χ3v) is 3.90. The molecule has 0 radical (unpaired) electrons. The fourth-order valence-corrected chi connectivity index (χ4v) is 2.45. The maximum atomic E-state index is 12.0. The molecule has 1 unspecified atom stereocenters. The third-order valence-electron chi connectivity index (χ3n) is 3.40. The van der Waals surface area contributed by atoms with E-state index in [0.29, 0.717) is 12.5 Å². The standard InChI is InChI=1S/C14H19BrN2O2/c1-9-7-11(15)5-6-12(9)16-14(19)17(2)8-13(18)10-3-4-10/h5-7,10,13,18H,3-4,8H2,1-2H3,(H,16,19). The summed E-state index contributed by atoms with van der Waals surface area (Å²) in [5.74, 6) is 0.379. The van der Waals surface area contributed by atoms with Crippen molar-refractivity contribution in [2.45, 2.75) is 25.9 Å². The average Bonchev–Trinajstić information content (AvgIpc) is 3.16. The molecule has 1 aliphatic carbocycles. The Bertz CT molecular complexity index is 475. The van der Waals surface area contributed by atoms with Gasteiger partial charge in [-0.1, -0.05) is 15.9 Å². The molecule has 104 valence electrons. The van der Waals surface area contributed by atoms with Crippen molar-refractivity contribution < 1.29 is 9.90 Å². The van der Waals surface area contributed by atoms with E-state index in [1.54, 1.807) is 7.05 Å². The quantitative estimate of drug-likeness (QED) is 0.893. The number of likely N-dealkylation sites (N-methyl/N-ethyl adjacent to an activating group) is 1. The van der Waals surface area contributed by atoms with Gasteiger partial charge >= 0.3 is 6.03 Å². The highest BCUT2D eigenvalue weighted by molar-refractivity contribution is 9.10. The molecular formula is C14H19BrN2O2. The lowest BCUT2D eigenvalue weighted by molar-refractivity contribution is 0.117. The Morgan fingerprint density at radius 3 is 2.84 bits per heavy atom. The van der Waals surface area contributed by atoms with Crippen LogP contribution in [0.4, 0.5) is 10.5 Å². The van der Waals surface area contributed by atoms with Crippen molar-refractivity contribution in [2.75, 3.05) is 18.9 Å². The first-order valence-electron chi connectivity index (χ1n) is 6.43. The summed E-state index contributed by atoms with van der Waals surface area (Å²) < 4.78 is 0.987. The first-order chi connectivity index (χ1) is 8.97. The fourth-order valence-electron chi connectivity index (χ4n) is 1.97. The summed E-state index contributed by atoms with van der Waals surface area (Å²) in [5, 5.41) is 12.7. The molecule has 19 heavy (non-hydrogen) atoms. The van der Waals surface area contributed by atoms with Crippen LogP contribution in [0.5, 0.6) is 0 Å². The molecule has 5 heteroatoms. The molecule has 1 aliphatic rings. The number of amides is 2. The van der Waals surface area contributed by atoms with Crippen molar-refractivity contribution >= 4 is 27.6 Å². The molecule has 0 aliphatic heterocycles. The minimum Gasteiger partial charge on any atom is -0.391 e. The molecular weight excluding hydrogens is 308 g/mol. The van der Waals surface area contributed by atoms with E-state index >= 15 is 0 Å². The molecule has 1 saturated carbocycles. The Labute approximate surface area is 121 Å². The summed E-state index contributed by atoms with van der Waals surface area (Å²) in [6.07, 6.45) is 1.74. The smallest absolute Gasteiger partial charge is 0.321 e. The molecule has 1 aromatic rings. The molecule has 1 fully saturated rings. The van der Waals surface area contributed by atoms with Crippen molar-refractivity contribution in [3.8, 4) is 0 Å². The van der Waals surface area contributed by atoms with Gasteiger partial charge in [0, 0.05) is 23.8 Å². The molecule has 4 nitrogen and oxygen atoms in total. The van der Waals surface area contributed by atoms with Gasteiger partial charge in [-0.25, -0.2) is 4.79 Å². The molecule has 0 spiro atoms. The SMILES string of the molecule is Cc1cc(Br)ccc1NC(=O)N(C)CC(O)C1CC1. The fraction of sp³-hybridized carbons (Fsp3) is 0.500. The average molecular weight is 327 g/mol. The zero-order valence-corrected chi connectivity index (χ0v) is 12.8. The number of aliphatic hydroxyl groups excluding tert-OH is 1. The van der Waals surface area contributed by atoms with Gasteiger partial charge in [0.15, 0.2) is 0 Å². The van der Waals surface area contributed by atoms with Crippen LogP contribution in [0.15, 0.2) is 22.7 Å². The predicted octanol–water partition coefficient (Wildman–Crippen LogP) is 2.99. The summed E-state index contributed by atoms with van der Waals surface area (Å²) in [6.45, 7) is 2.32. The van der Waals surface area contributed by atoms with E-state index in [1.165, 1.54) is 4.90 Å². The van der Waals surface area contributed by atoms with Gasteiger partial charge in [0.1, 0.15) is 0 Å². The minimum absolute atomic E-state index is 0.190. The Morgan fingerprint density at radius 2 is 2.26 bits per heavy atom. The Hall–Kier alpha value is -1.07. The van der Waals surface area contributed by atoms with Crippen LogP contribution < -0.4 is 5.32 Å². The maximum Gasteiger partial charge on any atom is 0.321 e. The number of anilines is 1. The van der Waals surface area contributed by atoms with E-state index < -0.39 is 6.10 Å². The van der Waals surface area contributed by atoms with Crippen LogP contribution in [0.3, 0.4) is 0 Å². The lowest BCUT2D eigenvalue weighted by Crippen LogP contribution is -2.38. The number of hydrogen-bond donors (Lipinski definition) is 2. The third kappa shape index (κ3) is 3.94. The van der Waals surface area contributed by atoms with Gasteiger partial charge in [0.05, 0.1) is 6.10 Å². The normalized spacial score (nSPS) is 16.0. The van der Waals surface area contributed by atoms with Gasteiger partial charge in [0.2, 0.25) is 0 Å². The van der Waals surface area contributed by atoms with Crippen molar-refractivity contribution in [3.63, 3.8) is 0 Å². The van der Waals surface area contributed by atoms with Crippen LogP contribution in [0.25, 0.3) is 0 Å². The number of aryl methyl sites for hydroxylation is 1. The van der Waals surface area contributed by atoms with Crippen LogP contribution in [-0.2, 0) is 0 Å². The highest BCUT2D eigenvalue weighted by Crippen LogP contribution is 2.32. The summed E-state index contributed by atoms with van der Waals surface area (Å²) in [4.78, 5) is 13.6. The predicted molar refractivity (Wildman–Crippen MR) is 79.3 cm³/mol. The van der Waals surface area contributed by atoms with Crippen LogP contribution in [0.2, 0.25) is 0 Å². The number of benzene rings is 1. The van der Waals surface area contributed by atoms with Crippen molar-refractivity contribution in [1.82, 2.24) is 4.90 Å². The van der Waals surface area contributed by atoms with Gasteiger partial charge in [-0.05, 0) is 49.4 Å². The highest BCUT2D eigenvalue weighted by atomic mass is 79.9. The van der Waals surface area contributed by atoms with Crippen LogP contribution in [-0.4, -0.2) is 35.7 Å². The molecule has 0 aromatic heterocycles. The van der Waals surface area contributed by atoms with E-state index in [2.05, 4.69) is 21.2 Å². The van der Waals surface area contributed by atoms with Crippen LogP contribution in [0, 0.1) is 12.8 Å². The zero-order chi connectivity index (χ0) is 14.0. The van der Waals surface area contributed by atoms with Crippen molar-refractivity contribution in [2.24, 2.45) is 5.92 Å². The van der Waals surface area contributed by atoms with E-state index in [9.17, 15) is 9.90 Å². The van der Waals surface area contributed by atoms with E-state index in [-0.39, 0.29) is 6.03 Å². The maximum absolute atomic E-state index is 12.0. The molecule has 2 amide bonds. The number of nitrogens with zero attached hydrogens (tertiary/aromatic N) is 1. The summed E-state index contributed by atoms with van der Waals surface area (Å²) >= 11 is 3.39. The molecule has 2 N–H and O–H groups in total. The second kappa shape index (κ2) is 5.92. The lowest BCUT2D eigenvalue weighted by Gasteiger charge is -2.21. The number of urea groups is 1. The minimum atomic E-state index is -0.401. The highest BCUT2D eigenvalue weighted by Gasteiger charge is 2.31. The van der Waals surface area contributed by atoms with Gasteiger partial charge in [-0.3, -0.25) is 0 Å². The second-order valence-electron chi connectivity index (χ2n) is 5.17. The first kappa shape index (κ1) is 14.3. The van der Waals surface area contributed by atoms with Gasteiger partial charge < -0.3 is 15.3 Å². The van der Waals surface area contributed by atoms with Gasteiger partial charge in [-0.2, -0.15) is 0 Å². The number of carbonyl (C=O) groups is 1. The monoisotopic (exact) mass is 326 g/mol. The Kier molecular flexibility index (Phi) is 4.47. The Balaban J connectivity index is 1.91. The molecule has 2 rings (SSSR count).